The number of isocyanates is 2. The highest BCUT2D eigenvalue weighted by Crippen LogP contribution is 2.52. The molecule has 0 aromatic heterocycles. The van der Waals surface area contributed by atoms with Crippen molar-refractivity contribution in [2.24, 2.45) is 9.98 Å². The van der Waals surface area contributed by atoms with Crippen LogP contribution in [0.25, 0.3) is 33.4 Å². The molecule has 31 heavy (non-hydrogen) atoms. The molecule has 0 unspecified atom stereocenters. The summed E-state index contributed by atoms with van der Waals surface area (Å²) >= 11 is 0. The zero-order valence-electron chi connectivity index (χ0n) is 16.5. The second-order valence-electron chi connectivity index (χ2n) is 7.23. The Balaban J connectivity index is 0.000000155. The van der Waals surface area contributed by atoms with E-state index in [-0.39, 0.29) is 5.48 Å². The molecular weight excluding hydrogens is 388 g/mol. The Morgan fingerprint density at radius 3 is 1.52 bits per heavy atom. The van der Waals surface area contributed by atoms with Gasteiger partial charge in [-0.15, -0.1) is 0 Å². The van der Waals surface area contributed by atoms with Crippen molar-refractivity contribution in [3.63, 3.8) is 0 Å². The molecular formula is C26H18N2O3. The average Bonchev–Trinajstić information content (AvgIpc) is 2.76. The van der Waals surface area contributed by atoms with Gasteiger partial charge in [0, 0.05) is 5.57 Å². The normalized spacial score (nSPS) is 17.8. The third-order valence-electron chi connectivity index (χ3n) is 5.73. The van der Waals surface area contributed by atoms with Crippen molar-refractivity contribution in [1.82, 2.24) is 0 Å². The van der Waals surface area contributed by atoms with E-state index < -0.39 is 5.66 Å². The van der Waals surface area contributed by atoms with Gasteiger partial charge in [0.25, 0.3) is 0 Å². The zero-order valence-corrected chi connectivity index (χ0v) is 16.5. The summed E-state index contributed by atoms with van der Waals surface area (Å²) in [5.41, 5.74) is 8.32. The van der Waals surface area contributed by atoms with Gasteiger partial charge in [0.05, 0.1) is 0 Å². The van der Waals surface area contributed by atoms with E-state index in [1.165, 1.54) is 34.4 Å². The lowest BCUT2D eigenvalue weighted by atomic mass is 9.70. The summed E-state index contributed by atoms with van der Waals surface area (Å²) in [5, 5.41) is 0. The summed E-state index contributed by atoms with van der Waals surface area (Å²) in [6.07, 6.45) is 7.26. The smallest absolute Gasteiger partial charge is 0.238 e. The van der Waals surface area contributed by atoms with Crippen molar-refractivity contribution in [2.75, 3.05) is 0 Å². The fourth-order valence-electron chi connectivity index (χ4n) is 4.45. The van der Waals surface area contributed by atoms with Crippen molar-refractivity contribution in [1.29, 1.82) is 0 Å². The molecule has 2 N–H and O–H groups in total. The molecule has 0 fully saturated rings. The van der Waals surface area contributed by atoms with Crippen LogP contribution in [0.3, 0.4) is 0 Å². The van der Waals surface area contributed by atoms with E-state index in [4.69, 9.17) is 0 Å². The van der Waals surface area contributed by atoms with Crippen LogP contribution >= 0.6 is 0 Å². The summed E-state index contributed by atoms with van der Waals surface area (Å²) in [5.74, 6) is 0. The van der Waals surface area contributed by atoms with Crippen LogP contribution < -0.4 is 0 Å². The predicted molar refractivity (Wildman–Crippen MR) is 120 cm³/mol. The number of hydrogen-bond donors (Lipinski definition) is 0. The highest BCUT2D eigenvalue weighted by Gasteiger charge is 2.43. The molecule has 0 saturated heterocycles. The quantitative estimate of drug-likeness (QED) is 0.273. The first-order valence-electron chi connectivity index (χ1n) is 9.67. The molecule has 0 heterocycles. The fourth-order valence-corrected chi connectivity index (χ4v) is 4.45. The molecule has 5 nitrogen and oxygen atoms in total. The molecule has 5 heteroatoms. The SMILES string of the molecule is O.O=C=NC1(N=C=O)C=CCC2=C1c1ccccc12.c1ccc2c(c1)-c1ccccc1-2. The standard InChI is InChI=1S/C14H8N2O2.C12H8.H2O/c17-8-15-14(16-9-18)7-3-6-12-10-4-1-2-5-11(10)13(12)14;1-2-6-10-9(5-1)11-7-3-4-8-12(10)11;/h1-5,7H,6H2;1-8H;1H2. The molecule has 0 atom stereocenters. The maximum atomic E-state index is 10.6. The van der Waals surface area contributed by atoms with Gasteiger partial charge in [0.2, 0.25) is 17.8 Å². The van der Waals surface area contributed by atoms with Crippen LogP contribution in [0.5, 0.6) is 0 Å². The number of nitrogens with zero attached hydrogens (tertiary/aromatic N) is 2. The molecule has 3 aromatic carbocycles. The number of fused-ring (bicyclic) bond motifs is 7. The van der Waals surface area contributed by atoms with Crippen LogP contribution in [-0.2, 0) is 9.59 Å². The van der Waals surface area contributed by atoms with Gasteiger partial charge in [-0.1, -0.05) is 78.9 Å². The molecule has 150 valence electrons. The van der Waals surface area contributed by atoms with Crippen molar-refractivity contribution in [3.8, 4) is 22.3 Å². The minimum absolute atomic E-state index is 0. The van der Waals surface area contributed by atoms with E-state index in [1.807, 2.05) is 30.3 Å². The third-order valence-corrected chi connectivity index (χ3v) is 5.73. The Hall–Kier alpha value is -4.14. The monoisotopic (exact) mass is 406 g/mol. The van der Waals surface area contributed by atoms with Gasteiger partial charge in [-0.2, -0.15) is 9.98 Å². The molecule has 3 aromatic rings. The number of carbonyl (C=O) groups excluding carboxylic acids is 2. The molecule has 3 aliphatic rings. The van der Waals surface area contributed by atoms with Crippen LogP contribution in [0.15, 0.2) is 94.9 Å². The van der Waals surface area contributed by atoms with Crippen molar-refractivity contribution < 1.29 is 15.1 Å². The molecule has 3 aliphatic carbocycles. The van der Waals surface area contributed by atoms with Gasteiger partial charge in [-0.3, -0.25) is 0 Å². The Labute approximate surface area is 179 Å². The maximum Gasteiger partial charge on any atom is 0.238 e. The van der Waals surface area contributed by atoms with Gasteiger partial charge in [0.15, 0.2) is 0 Å². The van der Waals surface area contributed by atoms with E-state index in [2.05, 4.69) is 58.5 Å². The molecule has 0 saturated carbocycles. The summed E-state index contributed by atoms with van der Waals surface area (Å²) in [6, 6.07) is 24.9. The number of rotatable bonds is 2. The molecule has 0 bridgehead atoms. The summed E-state index contributed by atoms with van der Waals surface area (Å²) in [6.45, 7) is 0. The lowest BCUT2D eigenvalue weighted by Crippen LogP contribution is -2.30. The summed E-state index contributed by atoms with van der Waals surface area (Å²) in [4.78, 5) is 28.6. The Bertz CT molecular complexity index is 1220. The van der Waals surface area contributed by atoms with Crippen LogP contribution in [0, 0.1) is 0 Å². The van der Waals surface area contributed by atoms with Crippen molar-refractivity contribution in [3.05, 3.63) is 96.1 Å². The molecule has 0 amide bonds. The molecule has 0 spiro atoms. The lowest BCUT2D eigenvalue weighted by molar-refractivity contribution is 0.546. The predicted octanol–water partition coefficient (Wildman–Crippen LogP) is 4.75. The van der Waals surface area contributed by atoms with Crippen molar-refractivity contribution >= 4 is 23.3 Å². The molecule has 0 aliphatic heterocycles. The van der Waals surface area contributed by atoms with E-state index in [1.54, 1.807) is 6.08 Å². The van der Waals surface area contributed by atoms with E-state index in [9.17, 15) is 9.59 Å². The zero-order chi connectivity index (χ0) is 20.6. The fraction of sp³-hybridized carbons (Fsp3) is 0.0769. The topological polar surface area (TPSA) is 90.4 Å². The Kier molecular flexibility index (Phi) is 5.16. The highest BCUT2D eigenvalue weighted by atomic mass is 16.1. The number of aliphatic imine (C=N–C) groups is 2. The minimum Gasteiger partial charge on any atom is -0.412 e. The third kappa shape index (κ3) is 3.02. The van der Waals surface area contributed by atoms with E-state index >= 15 is 0 Å². The van der Waals surface area contributed by atoms with Crippen LogP contribution in [-0.4, -0.2) is 23.3 Å². The Morgan fingerprint density at radius 1 is 0.645 bits per heavy atom. The van der Waals surface area contributed by atoms with Crippen LogP contribution in [0.4, 0.5) is 0 Å². The van der Waals surface area contributed by atoms with Crippen molar-refractivity contribution in [2.45, 2.75) is 12.1 Å². The minimum atomic E-state index is -1.26. The highest BCUT2D eigenvalue weighted by molar-refractivity contribution is 6.09. The first kappa shape index (κ1) is 20.1. The van der Waals surface area contributed by atoms with Gasteiger partial charge in [0.1, 0.15) is 0 Å². The van der Waals surface area contributed by atoms with Crippen LogP contribution in [0.1, 0.15) is 17.5 Å². The van der Waals surface area contributed by atoms with E-state index in [0.29, 0.717) is 0 Å². The lowest BCUT2D eigenvalue weighted by Gasteiger charge is -2.37. The average molecular weight is 406 g/mol. The van der Waals surface area contributed by atoms with Gasteiger partial charge < -0.3 is 5.48 Å². The summed E-state index contributed by atoms with van der Waals surface area (Å²) in [7, 11) is 0. The van der Waals surface area contributed by atoms with Gasteiger partial charge in [-0.25, -0.2) is 9.59 Å². The first-order valence-corrected chi connectivity index (χ1v) is 9.67. The first-order chi connectivity index (χ1) is 14.8. The largest absolute Gasteiger partial charge is 0.412 e. The number of allylic oxidation sites excluding steroid dienone is 2. The van der Waals surface area contributed by atoms with E-state index in [0.717, 1.165) is 28.7 Å². The molecule has 6 rings (SSSR count). The second-order valence-corrected chi connectivity index (χ2v) is 7.23. The molecule has 0 radical (unpaired) electrons. The van der Waals surface area contributed by atoms with Gasteiger partial charge >= 0.3 is 0 Å². The second kappa shape index (κ2) is 7.94. The Morgan fingerprint density at radius 2 is 1.06 bits per heavy atom. The number of hydrogen-bond acceptors (Lipinski definition) is 4. The summed E-state index contributed by atoms with van der Waals surface area (Å²) < 4.78 is 0. The number of benzene rings is 3. The maximum absolute atomic E-state index is 10.6. The van der Waals surface area contributed by atoms with Crippen LogP contribution in [0.2, 0.25) is 0 Å². The van der Waals surface area contributed by atoms with Gasteiger partial charge in [-0.05, 0) is 51.5 Å².